The maximum absolute atomic E-state index is 6.33. The van der Waals surface area contributed by atoms with Crippen LogP contribution in [0.4, 0.5) is 0 Å². The zero-order valence-electron chi connectivity index (χ0n) is 24.2. The fraction of sp³-hybridized carbons (Fsp3) is 0. The monoisotopic (exact) mass is 595 g/mol. The van der Waals surface area contributed by atoms with Crippen molar-refractivity contribution in [3.8, 4) is 56.2 Å². The predicted molar refractivity (Wildman–Crippen MR) is 187 cm³/mol. The maximum atomic E-state index is 6.33. The minimum atomic E-state index is 0.174. The lowest BCUT2D eigenvalue weighted by Gasteiger charge is -2.14. The first-order valence-corrected chi connectivity index (χ1v) is 15.3. The summed E-state index contributed by atoms with van der Waals surface area (Å²) in [5, 5.41) is 5.11. The van der Waals surface area contributed by atoms with Crippen molar-refractivity contribution >= 4 is 33.1 Å². The van der Waals surface area contributed by atoms with Gasteiger partial charge in [-0.15, -0.1) is 0 Å². The molecule has 7 aromatic carbocycles. The van der Waals surface area contributed by atoms with Gasteiger partial charge in [0.2, 0.25) is 5.28 Å². The average Bonchev–Trinajstić information content (AvgIpc) is 3.11. The van der Waals surface area contributed by atoms with E-state index in [0.29, 0.717) is 11.6 Å². The van der Waals surface area contributed by atoms with Crippen LogP contribution in [0.1, 0.15) is 0 Å². The van der Waals surface area contributed by atoms with Gasteiger partial charge in [0, 0.05) is 11.1 Å². The highest BCUT2D eigenvalue weighted by Gasteiger charge is 2.13. The van der Waals surface area contributed by atoms with Crippen LogP contribution in [0.3, 0.4) is 0 Å². The molecule has 212 valence electrons. The molecule has 0 saturated heterocycles. The molecule has 1 aromatic heterocycles. The Labute approximate surface area is 266 Å². The Morgan fingerprint density at radius 3 is 1.40 bits per heavy atom. The van der Waals surface area contributed by atoms with E-state index in [4.69, 9.17) is 16.6 Å². The number of benzene rings is 7. The van der Waals surface area contributed by atoms with Crippen LogP contribution >= 0.6 is 11.6 Å². The third-order valence-corrected chi connectivity index (χ3v) is 8.46. The Hall–Kier alpha value is -5.64. The van der Waals surface area contributed by atoms with Crippen LogP contribution in [0.5, 0.6) is 0 Å². The van der Waals surface area contributed by atoms with Gasteiger partial charge in [-0.3, -0.25) is 0 Å². The molecule has 0 fully saturated rings. The molecule has 0 N–H and O–H groups in total. The van der Waals surface area contributed by atoms with Crippen LogP contribution in [0.2, 0.25) is 5.28 Å². The quantitative estimate of drug-likeness (QED) is 0.199. The Morgan fingerprint density at radius 1 is 0.333 bits per heavy atom. The second-order valence-corrected chi connectivity index (χ2v) is 11.3. The van der Waals surface area contributed by atoms with E-state index in [1.807, 2.05) is 30.3 Å². The number of rotatable bonds is 5. The highest BCUT2D eigenvalue weighted by atomic mass is 35.5. The van der Waals surface area contributed by atoms with E-state index < -0.39 is 0 Å². The standard InChI is InChI=1S/C41H26ClN3/c42-41-44-39(32-10-2-1-3-11-32)43-40(45-41)33-25-23-30(24-26-33)37-18-8-14-31-13-7-17-36(38(31)37)29-21-19-28(20-22-29)35-16-6-12-27-9-4-5-15-34(27)35/h1-26H. The molecule has 0 saturated carbocycles. The normalized spacial score (nSPS) is 11.2. The van der Waals surface area contributed by atoms with Gasteiger partial charge in [0.25, 0.3) is 0 Å². The van der Waals surface area contributed by atoms with Gasteiger partial charge >= 0.3 is 0 Å². The van der Waals surface area contributed by atoms with E-state index in [1.165, 1.54) is 49.4 Å². The lowest BCUT2D eigenvalue weighted by atomic mass is 9.90. The molecule has 0 unspecified atom stereocenters. The lowest BCUT2D eigenvalue weighted by molar-refractivity contribution is 1.07. The minimum Gasteiger partial charge on any atom is -0.208 e. The van der Waals surface area contributed by atoms with Crippen molar-refractivity contribution in [1.29, 1.82) is 0 Å². The summed E-state index contributed by atoms with van der Waals surface area (Å²) in [5.74, 6) is 1.10. The summed E-state index contributed by atoms with van der Waals surface area (Å²) in [7, 11) is 0. The molecule has 0 radical (unpaired) electrons. The molecule has 45 heavy (non-hydrogen) atoms. The summed E-state index contributed by atoms with van der Waals surface area (Å²) in [6.07, 6.45) is 0. The third-order valence-electron chi connectivity index (χ3n) is 8.30. The molecule has 3 nitrogen and oxygen atoms in total. The number of hydrogen-bond acceptors (Lipinski definition) is 3. The molecule has 0 spiro atoms. The van der Waals surface area contributed by atoms with Crippen LogP contribution in [0.25, 0.3) is 77.7 Å². The second kappa shape index (κ2) is 11.5. The van der Waals surface area contributed by atoms with E-state index in [0.717, 1.165) is 16.7 Å². The van der Waals surface area contributed by atoms with Gasteiger partial charge in [-0.2, -0.15) is 9.97 Å². The minimum absolute atomic E-state index is 0.174. The SMILES string of the molecule is Clc1nc(-c2ccccc2)nc(-c2ccc(-c3cccc4cccc(-c5ccc(-c6cccc7ccccc67)cc5)c34)cc2)n1. The number of nitrogens with zero attached hydrogens (tertiary/aromatic N) is 3. The number of fused-ring (bicyclic) bond motifs is 2. The fourth-order valence-corrected chi connectivity index (χ4v) is 6.28. The topological polar surface area (TPSA) is 38.7 Å². The van der Waals surface area contributed by atoms with E-state index in [-0.39, 0.29) is 5.28 Å². The molecular formula is C41H26ClN3. The van der Waals surface area contributed by atoms with E-state index in [2.05, 4.69) is 137 Å². The number of hydrogen-bond donors (Lipinski definition) is 0. The van der Waals surface area contributed by atoms with Gasteiger partial charge in [0.1, 0.15) is 0 Å². The van der Waals surface area contributed by atoms with Crippen molar-refractivity contribution in [3.05, 3.63) is 163 Å². The molecular weight excluding hydrogens is 570 g/mol. The van der Waals surface area contributed by atoms with Crippen LogP contribution < -0.4 is 0 Å². The van der Waals surface area contributed by atoms with Crippen molar-refractivity contribution in [2.24, 2.45) is 0 Å². The zero-order valence-corrected chi connectivity index (χ0v) is 25.0. The summed E-state index contributed by atoms with van der Waals surface area (Å²) in [6, 6.07) is 55.2. The smallest absolute Gasteiger partial charge is 0.208 e. The summed E-state index contributed by atoms with van der Waals surface area (Å²) >= 11 is 6.33. The van der Waals surface area contributed by atoms with Gasteiger partial charge in [0.05, 0.1) is 0 Å². The lowest BCUT2D eigenvalue weighted by Crippen LogP contribution is -1.97. The summed E-state index contributed by atoms with van der Waals surface area (Å²) < 4.78 is 0. The summed E-state index contributed by atoms with van der Waals surface area (Å²) in [5.41, 5.74) is 8.90. The Morgan fingerprint density at radius 2 is 0.778 bits per heavy atom. The molecule has 0 aliphatic rings. The highest BCUT2D eigenvalue weighted by Crippen LogP contribution is 2.38. The summed E-state index contributed by atoms with van der Waals surface area (Å²) in [6.45, 7) is 0. The maximum Gasteiger partial charge on any atom is 0.226 e. The number of halogens is 1. The first kappa shape index (κ1) is 26.9. The van der Waals surface area contributed by atoms with Crippen molar-refractivity contribution in [1.82, 2.24) is 15.0 Å². The third kappa shape index (κ3) is 5.14. The molecule has 8 aromatic rings. The molecule has 0 aliphatic heterocycles. The first-order valence-electron chi connectivity index (χ1n) is 14.9. The molecule has 0 aliphatic carbocycles. The van der Waals surface area contributed by atoms with E-state index in [1.54, 1.807) is 0 Å². The van der Waals surface area contributed by atoms with Gasteiger partial charge in [-0.1, -0.05) is 158 Å². The molecule has 0 bridgehead atoms. The van der Waals surface area contributed by atoms with Crippen molar-refractivity contribution in [3.63, 3.8) is 0 Å². The van der Waals surface area contributed by atoms with Crippen molar-refractivity contribution < 1.29 is 0 Å². The van der Waals surface area contributed by atoms with Gasteiger partial charge in [0.15, 0.2) is 11.6 Å². The largest absolute Gasteiger partial charge is 0.226 e. The molecule has 8 rings (SSSR count). The van der Waals surface area contributed by atoms with Gasteiger partial charge in [-0.25, -0.2) is 4.98 Å². The number of aromatic nitrogens is 3. The van der Waals surface area contributed by atoms with Crippen molar-refractivity contribution in [2.45, 2.75) is 0 Å². The predicted octanol–water partition coefficient (Wildman–Crippen LogP) is 11.2. The highest BCUT2D eigenvalue weighted by molar-refractivity contribution is 6.28. The zero-order chi connectivity index (χ0) is 30.2. The average molecular weight is 596 g/mol. The van der Waals surface area contributed by atoms with Crippen LogP contribution in [0.15, 0.2) is 158 Å². The molecule has 0 atom stereocenters. The van der Waals surface area contributed by atoms with E-state index >= 15 is 0 Å². The van der Waals surface area contributed by atoms with Crippen molar-refractivity contribution in [2.75, 3.05) is 0 Å². The van der Waals surface area contributed by atoms with Crippen LogP contribution in [-0.4, -0.2) is 15.0 Å². The molecule has 0 amide bonds. The molecule has 4 heteroatoms. The Bertz CT molecular complexity index is 2300. The molecule has 1 heterocycles. The summed E-state index contributed by atoms with van der Waals surface area (Å²) in [4.78, 5) is 13.5. The Kier molecular flexibility index (Phi) is 6.86. The first-order chi connectivity index (χ1) is 22.2. The van der Waals surface area contributed by atoms with E-state index in [9.17, 15) is 0 Å². The fourth-order valence-electron chi connectivity index (χ4n) is 6.12. The van der Waals surface area contributed by atoms with Crippen LogP contribution in [0, 0.1) is 0 Å². The Balaban J connectivity index is 1.17. The van der Waals surface area contributed by atoms with Gasteiger partial charge < -0.3 is 0 Å². The second-order valence-electron chi connectivity index (χ2n) is 11.0. The van der Waals surface area contributed by atoms with Gasteiger partial charge in [-0.05, 0) is 66.5 Å². The van der Waals surface area contributed by atoms with Crippen LogP contribution in [-0.2, 0) is 0 Å².